The first-order valence-electron chi connectivity index (χ1n) is 6.40. The molecule has 1 aliphatic rings. The smallest absolute Gasteiger partial charge is 0.251 e. The van der Waals surface area contributed by atoms with Crippen molar-refractivity contribution in [3.05, 3.63) is 33.8 Å². The summed E-state index contributed by atoms with van der Waals surface area (Å²) in [7, 11) is 0. The number of amides is 1. The van der Waals surface area contributed by atoms with Crippen molar-refractivity contribution in [2.75, 3.05) is 13.2 Å². The Balaban J connectivity index is 1.99. The molecular weight excluding hydrogens is 285 g/mol. The van der Waals surface area contributed by atoms with Gasteiger partial charge in [-0.3, -0.25) is 4.79 Å². The summed E-state index contributed by atoms with van der Waals surface area (Å²) in [6.07, 6.45) is 4.16. The second kappa shape index (κ2) is 6.12. The van der Waals surface area contributed by atoms with Crippen LogP contribution in [0.4, 0.5) is 0 Å². The third-order valence-corrected chi connectivity index (χ3v) is 4.54. The van der Waals surface area contributed by atoms with Gasteiger partial charge in [0.15, 0.2) is 0 Å². The highest BCUT2D eigenvalue weighted by Gasteiger charge is 2.33. The van der Waals surface area contributed by atoms with Crippen LogP contribution in [0.3, 0.4) is 0 Å². The van der Waals surface area contributed by atoms with Gasteiger partial charge in [0.1, 0.15) is 0 Å². The number of aliphatic hydroxyl groups excluding tert-OH is 1. The Hall–Kier alpha value is -0.770. The number of hydrogen-bond donors (Lipinski definition) is 2. The van der Waals surface area contributed by atoms with Gasteiger partial charge in [-0.25, -0.2) is 0 Å². The highest BCUT2D eigenvalue weighted by atomic mass is 35.5. The molecule has 1 saturated carbocycles. The van der Waals surface area contributed by atoms with Crippen molar-refractivity contribution in [2.45, 2.75) is 25.7 Å². The van der Waals surface area contributed by atoms with Gasteiger partial charge < -0.3 is 10.4 Å². The molecule has 0 unspecified atom stereocenters. The summed E-state index contributed by atoms with van der Waals surface area (Å²) in [6, 6.07) is 4.81. The molecule has 0 spiro atoms. The normalized spacial score (nSPS) is 17.4. The molecule has 0 aliphatic heterocycles. The molecule has 3 nitrogen and oxygen atoms in total. The minimum absolute atomic E-state index is 0.120. The van der Waals surface area contributed by atoms with Crippen LogP contribution in [0.2, 0.25) is 10.0 Å². The van der Waals surface area contributed by atoms with Crippen LogP contribution in [-0.4, -0.2) is 24.2 Å². The first-order chi connectivity index (χ1) is 9.06. The number of nitrogens with one attached hydrogen (secondary N) is 1. The average molecular weight is 302 g/mol. The third kappa shape index (κ3) is 3.41. The maximum absolute atomic E-state index is 12.0. The molecule has 0 heterocycles. The van der Waals surface area contributed by atoms with E-state index in [2.05, 4.69) is 5.32 Å². The van der Waals surface area contributed by atoms with Crippen molar-refractivity contribution >= 4 is 29.1 Å². The third-order valence-electron chi connectivity index (χ3n) is 3.81. The molecule has 0 aromatic heterocycles. The van der Waals surface area contributed by atoms with E-state index in [0.29, 0.717) is 22.2 Å². The molecule has 19 heavy (non-hydrogen) atoms. The van der Waals surface area contributed by atoms with E-state index < -0.39 is 0 Å². The van der Waals surface area contributed by atoms with Gasteiger partial charge in [0, 0.05) is 17.5 Å². The van der Waals surface area contributed by atoms with E-state index in [1.54, 1.807) is 18.2 Å². The molecule has 2 N–H and O–H groups in total. The molecule has 1 fully saturated rings. The zero-order valence-corrected chi connectivity index (χ0v) is 12.1. The molecule has 1 aromatic carbocycles. The minimum Gasteiger partial charge on any atom is -0.396 e. The van der Waals surface area contributed by atoms with E-state index in [9.17, 15) is 9.90 Å². The summed E-state index contributed by atoms with van der Waals surface area (Å²) in [6.45, 7) is 0.622. The fraction of sp³-hybridized carbons (Fsp3) is 0.500. The number of carbonyl (C=O) groups excluding carboxylic acids is 1. The van der Waals surface area contributed by atoms with E-state index in [-0.39, 0.29) is 17.9 Å². The highest BCUT2D eigenvalue weighted by Crippen LogP contribution is 2.37. The van der Waals surface area contributed by atoms with E-state index in [4.69, 9.17) is 23.2 Å². The van der Waals surface area contributed by atoms with E-state index in [0.717, 1.165) is 25.7 Å². The topological polar surface area (TPSA) is 49.3 Å². The summed E-state index contributed by atoms with van der Waals surface area (Å²) < 4.78 is 0. The van der Waals surface area contributed by atoms with Gasteiger partial charge >= 0.3 is 0 Å². The molecule has 5 heteroatoms. The van der Waals surface area contributed by atoms with Crippen LogP contribution in [0.25, 0.3) is 0 Å². The van der Waals surface area contributed by atoms with Gasteiger partial charge in [-0.2, -0.15) is 0 Å². The Labute approximate surface area is 122 Å². The second-order valence-corrected chi connectivity index (χ2v) is 5.99. The summed E-state index contributed by atoms with van der Waals surface area (Å²) >= 11 is 11.7. The van der Waals surface area contributed by atoms with Crippen LogP contribution < -0.4 is 5.32 Å². The van der Waals surface area contributed by atoms with Crippen molar-refractivity contribution in [1.82, 2.24) is 5.32 Å². The van der Waals surface area contributed by atoms with Crippen LogP contribution in [0, 0.1) is 5.41 Å². The maximum Gasteiger partial charge on any atom is 0.251 e. The standard InChI is InChI=1S/C14H17Cl2NO2/c15-11-4-3-10(7-12(11)16)13(19)17-8-14(9-18)5-1-2-6-14/h3-4,7,18H,1-2,5-6,8-9H2,(H,17,19). The molecule has 0 atom stereocenters. The molecule has 0 saturated heterocycles. The second-order valence-electron chi connectivity index (χ2n) is 5.18. The van der Waals surface area contributed by atoms with Crippen LogP contribution in [0.1, 0.15) is 36.0 Å². The zero-order chi connectivity index (χ0) is 13.9. The van der Waals surface area contributed by atoms with Gasteiger partial charge in [0.25, 0.3) is 5.91 Å². The molecule has 1 aromatic rings. The summed E-state index contributed by atoms with van der Waals surface area (Å²) in [5.74, 6) is -0.182. The van der Waals surface area contributed by atoms with Crippen molar-refractivity contribution in [3.63, 3.8) is 0 Å². The van der Waals surface area contributed by atoms with Gasteiger partial charge in [-0.15, -0.1) is 0 Å². The Morgan fingerprint density at radius 1 is 1.26 bits per heavy atom. The van der Waals surface area contributed by atoms with E-state index in [1.165, 1.54) is 0 Å². The molecule has 2 rings (SSSR count). The van der Waals surface area contributed by atoms with Crippen LogP contribution in [0.5, 0.6) is 0 Å². The number of rotatable bonds is 4. The van der Waals surface area contributed by atoms with Crippen molar-refractivity contribution in [2.24, 2.45) is 5.41 Å². The molecule has 1 amide bonds. The van der Waals surface area contributed by atoms with Gasteiger partial charge in [0.05, 0.1) is 16.7 Å². The van der Waals surface area contributed by atoms with Gasteiger partial charge in [-0.1, -0.05) is 36.0 Å². The summed E-state index contributed by atoms with van der Waals surface area (Å²) in [5, 5.41) is 13.2. The number of carbonyl (C=O) groups is 1. The van der Waals surface area contributed by atoms with Crippen molar-refractivity contribution in [1.29, 1.82) is 0 Å². The lowest BCUT2D eigenvalue weighted by Crippen LogP contribution is -2.38. The zero-order valence-electron chi connectivity index (χ0n) is 10.6. The predicted molar refractivity (Wildman–Crippen MR) is 76.8 cm³/mol. The van der Waals surface area contributed by atoms with E-state index >= 15 is 0 Å². The Kier molecular flexibility index (Phi) is 4.71. The largest absolute Gasteiger partial charge is 0.396 e. The monoisotopic (exact) mass is 301 g/mol. The fourth-order valence-electron chi connectivity index (χ4n) is 2.52. The predicted octanol–water partition coefficient (Wildman–Crippen LogP) is 3.28. The van der Waals surface area contributed by atoms with Crippen LogP contribution in [0.15, 0.2) is 18.2 Å². The Morgan fingerprint density at radius 3 is 2.53 bits per heavy atom. The summed E-state index contributed by atoms with van der Waals surface area (Å²) in [4.78, 5) is 12.0. The van der Waals surface area contributed by atoms with Gasteiger partial charge in [-0.05, 0) is 31.0 Å². The number of benzene rings is 1. The quantitative estimate of drug-likeness (QED) is 0.896. The number of aliphatic hydroxyl groups is 1. The summed E-state index contributed by atoms with van der Waals surface area (Å²) in [5.41, 5.74) is 0.340. The molecule has 1 aliphatic carbocycles. The molecule has 0 radical (unpaired) electrons. The van der Waals surface area contributed by atoms with Crippen molar-refractivity contribution in [3.8, 4) is 0 Å². The lowest BCUT2D eigenvalue weighted by molar-refractivity contribution is 0.0880. The Bertz CT molecular complexity index is 471. The first kappa shape index (κ1) is 14.6. The fourth-order valence-corrected chi connectivity index (χ4v) is 2.82. The average Bonchev–Trinajstić information content (AvgIpc) is 2.89. The van der Waals surface area contributed by atoms with Crippen LogP contribution in [-0.2, 0) is 0 Å². The molecule has 104 valence electrons. The highest BCUT2D eigenvalue weighted by molar-refractivity contribution is 6.42. The van der Waals surface area contributed by atoms with Crippen molar-refractivity contribution < 1.29 is 9.90 Å². The lowest BCUT2D eigenvalue weighted by atomic mass is 9.87. The van der Waals surface area contributed by atoms with Gasteiger partial charge in [0.2, 0.25) is 0 Å². The maximum atomic E-state index is 12.0. The number of halogens is 2. The molecular formula is C14H17Cl2NO2. The van der Waals surface area contributed by atoms with E-state index in [1.807, 2.05) is 0 Å². The SMILES string of the molecule is O=C(NCC1(CO)CCCC1)c1ccc(Cl)c(Cl)c1. The molecule has 0 bridgehead atoms. The number of hydrogen-bond acceptors (Lipinski definition) is 2. The first-order valence-corrected chi connectivity index (χ1v) is 7.16. The van der Waals surface area contributed by atoms with Crippen LogP contribution >= 0.6 is 23.2 Å². The minimum atomic E-state index is -0.182. The Morgan fingerprint density at radius 2 is 1.95 bits per heavy atom. The lowest BCUT2D eigenvalue weighted by Gasteiger charge is -2.26.